The van der Waals surface area contributed by atoms with E-state index < -0.39 is 17.7 Å². The highest BCUT2D eigenvalue weighted by atomic mass is 32.1. The van der Waals surface area contributed by atoms with Crippen molar-refractivity contribution < 1.29 is 19.4 Å². The van der Waals surface area contributed by atoms with Gasteiger partial charge in [-0.2, -0.15) is 0 Å². The van der Waals surface area contributed by atoms with Crippen molar-refractivity contribution in [3.63, 3.8) is 0 Å². The van der Waals surface area contributed by atoms with E-state index in [0.717, 1.165) is 15.8 Å². The first-order valence-electron chi connectivity index (χ1n) is 11.5. The van der Waals surface area contributed by atoms with E-state index in [1.165, 1.54) is 16.2 Å². The maximum atomic E-state index is 13.4. The van der Waals surface area contributed by atoms with E-state index in [0.29, 0.717) is 22.0 Å². The third kappa shape index (κ3) is 3.93. The van der Waals surface area contributed by atoms with E-state index in [4.69, 9.17) is 4.74 Å². The number of nitrogens with zero attached hydrogens (tertiary/aromatic N) is 3. The van der Waals surface area contributed by atoms with Crippen LogP contribution in [0.15, 0.2) is 72.6 Å². The number of anilines is 1. The number of fused-ring (bicyclic) bond motifs is 1. The maximum Gasteiger partial charge on any atom is 0.301 e. The summed E-state index contributed by atoms with van der Waals surface area (Å²) in [5.74, 6) is -1.08. The summed E-state index contributed by atoms with van der Waals surface area (Å²) in [5, 5.41) is 11.9. The SMILES string of the molecule is COc1ccc(/C(O)=C2\C(=O)C(=O)N(c3nc4ccccc4s3)C2c2cccnc2)cc1C(C)(C)C. The molecule has 182 valence electrons. The second kappa shape index (κ2) is 8.87. The van der Waals surface area contributed by atoms with Crippen molar-refractivity contribution in [1.82, 2.24) is 9.97 Å². The molecule has 0 saturated carbocycles. The normalized spacial score (nSPS) is 17.7. The van der Waals surface area contributed by atoms with E-state index in [-0.39, 0.29) is 16.7 Å². The Morgan fingerprint density at radius 1 is 1.08 bits per heavy atom. The minimum absolute atomic E-state index is 0.00252. The van der Waals surface area contributed by atoms with E-state index in [2.05, 4.69) is 9.97 Å². The van der Waals surface area contributed by atoms with Gasteiger partial charge in [-0.05, 0) is 47.4 Å². The summed E-state index contributed by atoms with van der Waals surface area (Å²) in [7, 11) is 1.59. The topological polar surface area (TPSA) is 92.6 Å². The van der Waals surface area contributed by atoms with Gasteiger partial charge in [-0.3, -0.25) is 19.5 Å². The van der Waals surface area contributed by atoms with Crippen molar-refractivity contribution in [3.8, 4) is 5.75 Å². The Labute approximate surface area is 212 Å². The molecule has 1 aliphatic heterocycles. The van der Waals surface area contributed by atoms with Crippen LogP contribution in [0.2, 0.25) is 0 Å². The molecule has 2 aromatic heterocycles. The number of thiazole rings is 1. The lowest BCUT2D eigenvalue weighted by atomic mass is 9.84. The number of amides is 1. The largest absolute Gasteiger partial charge is 0.507 e. The van der Waals surface area contributed by atoms with Crippen LogP contribution >= 0.6 is 11.3 Å². The molecule has 0 spiro atoms. The molecule has 7 nitrogen and oxygen atoms in total. The zero-order valence-electron chi connectivity index (χ0n) is 20.4. The molecule has 3 heterocycles. The quantitative estimate of drug-likeness (QED) is 0.222. The third-order valence-corrected chi connectivity index (χ3v) is 7.25. The lowest BCUT2D eigenvalue weighted by molar-refractivity contribution is -0.132. The van der Waals surface area contributed by atoms with Gasteiger partial charge in [-0.1, -0.05) is 50.3 Å². The average Bonchev–Trinajstić information content (AvgIpc) is 3.41. The number of pyridine rings is 1. The molecular weight excluding hydrogens is 474 g/mol. The number of carbonyl (C=O) groups is 2. The van der Waals surface area contributed by atoms with Gasteiger partial charge >= 0.3 is 5.91 Å². The van der Waals surface area contributed by atoms with Gasteiger partial charge in [0.15, 0.2) is 5.13 Å². The van der Waals surface area contributed by atoms with Gasteiger partial charge in [0.25, 0.3) is 5.78 Å². The number of hydrogen-bond acceptors (Lipinski definition) is 7. The van der Waals surface area contributed by atoms with Gasteiger partial charge in [0.05, 0.1) is 28.9 Å². The Balaban J connectivity index is 1.72. The molecule has 8 heteroatoms. The Hall–Kier alpha value is -4.04. The molecule has 0 bridgehead atoms. The first-order valence-corrected chi connectivity index (χ1v) is 12.3. The van der Waals surface area contributed by atoms with Crippen molar-refractivity contribution in [3.05, 3.63) is 89.3 Å². The van der Waals surface area contributed by atoms with E-state index >= 15 is 0 Å². The smallest absolute Gasteiger partial charge is 0.301 e. The van der Waals surface area contributed by atoms with Gasteiger partial charge in [0.2, 0.25) is 0 Å². The molecular formula is C28H25N3O4S. The first-order chi connectivity index (χ1) is 17.2. The Kier molecular flexibility index (Phi) is 5.84. The summed E-state index contributed by atoms with van der Waals surface area (Å²) in [6.07, 6.45) is 3.21. The molecule has 5 rings (SSSR count). The fraction of sp³-hybridized carbons (Fsp3) is 0.214. The van der Waals surface area contributed by atoms with Gasteiger partial charge in [-0.25, -0.2) is 4.98 Å². The van der Waals surface area contributed by atoms with E-state index in [9.17, 15) is 14.7 Å². The van der Waals surface area contributed by atoms with Crippen molar-refractivity contribution in [1.29, 1.82) is 0 Å². The Morgan fingerprint density at radius 2 is 1.86 bits per heavy atom. The van der Waals surface area contributed by atoms with Crippen LogP contribution in [-0.4, -0.2) is 33.9 Å². The number of rotatable bonds is 4. The number of methoxy groups -OCH3 is 1. The number of hydrogen-bond donors (Lipinski definition) is 1. The monoisotopic (exact) mass is 499 g/mol. The Bertz CT molecular complexity index is 1490. The summed E-state index contributed by atoms with van der Waals surface area (Å²) < 4.78 is 6.42. The number of Topliss-reactive ketones (excluding diaryl/α,β-unsaturated/α-hetero) is 1. The fourth-order valence-electron chi connectivity index (χ4n) is 4.44. The number of benzene rings is 2. The zero-order valence-corrected chi connectivity index (χ0v) is 21.2. The van der Waals surface area contributed by atoms with Crippen LogP contribution in [0, 0.1) is 0 Å². The summed E-state index contributed by atoms with van der Waals surface area (Å²) in [4.78, 5) is 37.0. The highest BCUT2D eigenvalue weighted by Gasteiger charge is 2.48. The number of ketones is 1. The molecule has 0 aliphatic carbocycles. The molecule has 1 fully saturated rings. The second-order valence-corrected chi connectivity index (χ2v) is 10.6. The molecule has 1 amide bonds. The van der Waals surface area contributed by atoms with Crippen molar-refractivity contribution in [2.75, 3.05) is 12.0 Å². The van der Waals surface area contributed by atoms with Gasteiger partial charge < -0.3 is 9.84 Å². The molecule has 1 unspecified atom stereocenters. The van der Waals surface area contributed by atoms with Crippen LogP contribution in [-0.2, 0) is 15.0 Å². The number of aliphatic hydroxyl groups excluding tert-OH is 1. The van der Waals surface area contributed by atoms with Crippen LogP contribution in [0.25, 0.3) is 16.0 Å². The maximum absolute atomic E-state index is 13.4. The Morgan fingerprint density at radius 3 is 2.53 bits per heavy atom. The molecule has 1 N–H and O–H groups in total. The summed E-state index contributed by atoms with van der Waals surface area (Å²) in [6, 6.07) is 15.4. The summed E-state index contributed by atoms with van der Waals surface area (Å²) in [6.45, 7) is 6.11. The van der Waals surface area contributed by atoms with Gasteiger partial charge in [-0.15, -0.1) is 0 Å². The highest BCUT2D eigenvalue weighted by Crippen LogP contribution is 2.44. The predicted octanol–water partition coefficient (Wildman–Crippen LogP) is 5.62. The van der Waals surface area contributed by atoms with Crippen LogP contribution < -0.4 is 9.64 Å². The van der Waals surface area contributed by atoms with E-state index in [1.807, 2.05) is 45.0 Å². The number of para-hydroxylation sites is 1. The van der Waals surface area contributed by atoms with Crippen LogP contribution in [0.3, 0.4) is 0 Å². The third-order valence-electron chi connectivity index (χ3n) is 6.21. The minimum atomic E-state index is -0.876. The van der Waals surface area contributed by atoms with Crippen LogP contribution in [0.5, 0.6) is 5.75 Å². The molecule has 36 heavy (non-hydrogen) atoms. The minimum Gasteiger partial charge on any atom is -0.507 e. The van der Waals surface area contributed by atoms with Gasteiger partial charge in [0, 0.05) is 23.5 Å². The van der Waals surface area contributed by atoms with Crippen LogP contribution in [0.4, 0.5) is 5.13 Å². The lowest BCUT2D eigenvalue weighted by Crippen LogP contribution is -2.29. The lowest BCUT2D eigenvalue weighted by Gasteiger charge is -2.24. The van der Waals surface area contributed by atoms with E-state index in [1.54, 1.807) is 49.8 Å². The molecule has 1 saturated heterocycles. The summed E-state index contributed by atoms with van der Waals surface area (Å²) in [5.41, 5.74) is 2.34. The van der Waals surface area contributed by atoms with Gasteiger partial charge in [0.1, 0.15) is 11.5 Å². The molecule has 1 aliphatic rings. The highest BCUT2D eigenvalue weighted by molar-refractivity contribution is 7.22. The van der Waals surface area contributed by atoms with Crippen molar-refractivity contribution in [2.24, 2.45) is 0 Å². The molecule has 2 aromatic carbocycles. The molecule has 1 atom stereocenters. The molecule has 4 aromatic rings. The fourth-order valence-corrected chi connectivity index (χ4v) is 5.44. The first kappa shape index (κ1) is 23.7. The standard InChI is InChI=1S/C28H25N3O4S/c1-28(2,3)18-14-16(11-12-20(18)35-4)24(32)22-23(17-8-7-13-29-15-17)31(26(34)25(22)33)27-30-19-9-5-6-10-21(19)36-27/h5-15,23,32H,1-4H3/b24-22+. The van der Waals surface area contributed by atoms with Crippen molar-refractivity contribution >= 4 is 44.1 Å². The van der Waals surface area contributed by atoms with Crippen LogP contribution in [0.1, 0.15) is 43.5 Å². The molecule has 0 radical (unpaired) electrons. The zero-order chi connectivity index (χ0) is 25.6. The second-order valence-electron chi connectivity index (χ2n) is 9.58. The number of aromatic nitrogens is 2. The number of ether oxygens (including phenoxy) is 1. The van der Waals surface area contributed by atoms with Crippen molar-refractivity contribution in [2.45, 2.75) is 32.2 Å². The summed E-state index contributed by atoms with van der Waals surface area (Å²) >= 11 is 1.32. The number of carbonyl (C=O) groups excluding carboxylic acids is 2. The average molecular weight is 500 g/mol. The number of aliphatic hydroxyl groups is 1. The predicted molar refractivity (Wildman–Crippen MR) is 140 cm³/mol.